The van der Waals surface area contributed by atoms with E-state index < -0.39 is 93.9 Å². The molecule has 4 rings (SSSR count). The zero-order valence-electron chi connectivity index (χ0n) is 22.7. The molecule has 0 bridgehead atoms. The van der Waals surface area contributed by atoms with Crippen molar-refractivity contribution in [1.82, 2.24) is 9.29 Å². The quantitative estimate of drug-likeness (QED) is 0.282. The number of nitrogens with zero attached hydrogens (tertiary/aromatic N) is 3. The highest BCUT2D eigenvalue weighted by Crippen LogP contribution is 2.48. The second-order valence-electron chi connectivity index (χ2n) is 10.5. The Kier molecular flexibility index (Phi) is 8.45. The van der Waals surface area contributed by atoms with E-state index in [1.54, 1.807) is 0 Å². The fourth-order valence-corrected chi connectivity index (χ4v) is 6.56. The predicted octanol–water partition coefficient (Wildman–Crippen LogP) is 5.51. The van der Waals surface area contributed by atoms with Crippen LogP contribution in [0.4, 0.5) is 36.4 Å². The summed E-state index contributed by atoms with van der Waals surface area (Å²) in [6.45, 7) is -0.373. The van der Waals surface area contributed by atoms with E-state index in [1.807, 2.05) is 0 Å². The van der Waals surface area contributed by atoms with Gasteiger partial charge < -0.3 is 14.4 Å². The van der Waals surface area contributed by atoms with Crippen LogP contribution < -0.4 is 9.64 Å². The number of pyridine rings is 1. The lowest BCUT2D eigenvalue weighted by Crippen LogP contribution is -2.54. The fourth-order valence-electron chi connectivity index (χ4n) is 4.99. The summed E-state index contributed by atoms with van der Waals surface area (Å²) in [5.41, 5.74) is -2.06. The molecule has 1 aliphatic heterocycles. The van der Waals surface area contributed by atoms with Gasteiger partial charge in [-0.3, -0.25) is 0 Å². The van der Waals surface area contributed by atoms with E-state index in [-0.39, 0.29) is 24.2 Å². The third-order valence-electron chi connectivity index (χ3n) is 7.33. The summed E-state index contributed by atoms with van der Waals surface area (Å²) >= 11 is 0. The Balaban J connectivity index is 1.82. The van der Waals surface area contributed by atoms with Crippen LogP contribution in [0.15, 0.2) is 35.4 Å². The standard InChI is InChI=1S/C26H28F7N3O5S/c1-24(27,28)7-6-16-13-36(17-11-25(29,30)12-17)19-9-18(26(31,32)33)20(10-21(19)42(38,39)35(16)2)41-14-15-5-4-8-34-22(15)23(37)40-3/h4-5,8-10,16-17H,6-7,11-14H2,1-3H3. The highest BCUT2D eigenvalue weighted by Gasteiger charge is 2.51. The first-order chi connectivity index (χ1) is 19.3. The lowest BCUT2D eigenvalue weighted by atomic mass is 9.86. The van der Waals surface area contributed by atoms with Crippen LogP contribution in [0.1, 0.15) is 54.2 Å². The molecule has 2 aliphatic rings. The number of benzene rings is 1. The van der Waals surface area contributed by atoms with Gasteiger partial charge in [0.2, 0.25) is 15.9 Å². The van der Waals surface area contributed by atoms with Crippen molar-refractivity contribution in [3.8, 4) is 5.75 Å². The summed E-state index contributed by atoms with van der Waals surface area (Å²) in [5.74, 6) is -8.06. The number of aromatic nitrogens is 1. The van der Waals surface area contributed by atoms with Gasteiger partial charge in [0.05, 0.1) is 18.4 Å². The molecule has 8 nitrogen and oxygen atoms in total. The second-order valence-corrected chi connectivity index (χ2v) is 12.4. The lowest BCUT2D eigenvalue weighted by Gasteiger charge is -2.44. The fraction of sp³-hybridized carbons (Fsp3) is 0.538. The molecule has 0 N–H and O–H groups in total. The highest BCUT2D eigenvalue weighted by molar-refractivity contribution is 7.89. The molecular weight excluding hydrogens is 599 g/mol. The van der Waals surface area contributed by atoms with Gasteiger partial charge in [-0.15, -0.1) is 0 Å². The maximum Gasteiger partial charge on any atom is 0.420 e. The first-order valence-electron chi connectivity index (χ1n) is 12.7. The number of ether oxygens (including phenoxy) is 2. The predicted molar refractivity (Wildman–Crippen MR) is 135 cm³/mol. The van der Waals surface area contributed by atoms with E-state index in [0.29, 0.717) is 19.1 Å². The first kappa shape index (κ1) is 31.8. The van der Waals surface area contributed by atoms with Crippen LogP contribution in [0.5, 0.6) is 5.75 Å². The van der Waals surface area contributed by atoms with Crippen molar-refractivity contribution >= 4 is 21.7 Å². The number of methoxy groups -OCH3 is 1. The molecule has 1 aromatic carbocycles. The van der Waals surface area contributed by atoms with Crippen LogP contribution in [0.2, 0.25) is 0 Å². The molecule has 0 radical (unpaired) electrons. The van der Waals surface area contributed by atoms with Gasteiger partial charge in [0.1, 0.15) is 17.3 Å². The topological polar surface area (TPSA) is 89.0 Å². The van der Waals surface area contributed by atoms with Crippen molar-refractivity contribution in [2.75, 3.05) is 25.6 Å². The molecule has 42 heavy (non-hydrogen) atoms. The molecule has 0 spiro atoms. The molecule has 232 valence electrons. The summed E-state index contributed by atoms with van der Waals surface area (Å²) in [7, 11) is -2.44. The third-order valence-corrected chi connectivity index (χ3v) is 9.27. The Morgan fingerprint density at radius 3 is 2.40 bits per heavy atom. The zero-order valence-corrected chi connectivity index (χ0v) is 23.5. The number of hydrogen-bond donors (Lipinski definition) is 0. The maximum absolute atomic E-state index is 14.3. The van der Waals surface area contributed by atoms with Crippen molar-refractivity contribution in [1.29, 1.82) is 0 Å². The number of esters is 1. The smallest absolute Gasteiger partial charge is 0.420 e. The van der Waals surface area contributed by atoms with Crippen LogP contribution in [0.25, 0.3) is 0 Å². The van der Waals surface area contributed by atoms with E-state index in [4.69, 9.17) is 4.74 Å². The molecule has 1 unspecified atom stereocenters. The minimum Gasteiger partial charge on any atom is -0.488 e. The minimum atomic E-state index is -5.08. The van der Waals surface area contributed by atoms with E-state index >= 15 is 0 Å². The number of likely N-dealkylation sites (N-methyl/N-ethyl adjacent to an activating group) is 1. The van der Waals surface area contributed by atoms with Crippen molar-refractivity contribution in [3.05, 3.63) is 47.3 Å². The molecule has 1 fully saturated rings. The number of alkyl halides is 7. The average molecular weight is 628 g/mol. The molecule has 2 aromatic rings. The largest absolute Gasteiger partial charge is 0.488 e. The van der Waals surface area contributed by atoms with Crippen LogP contribution in [-0.4, -0.2) is 68.3 Å². The molecule has 1 atom stereocenters. The minimum absolute atomic E-state index is 0.0475. The molecule has 16 heteroatoms. The first-order valence-corrected chi connectivity index (χ1v) is 14.2. The van der Waals surface area contributed by atoms with Crippen molar-refractivity contribution in [2.24, 2.45) is 0 Å². The van der Waals surface area contributed by atoms with E-state index in [2.05, 4.69) is 9.72 Å². The Hall–Kier alpha value is -3.14. The summed E-state index contributed by atoms with van der Waals surface area (Å²) < 4.78 is 136. The van der Waals surface area contributed by atoms with Crippen LogP contribution in [0.3, 0.4) is 0 Å². The second kappa shape index (κ2) is 11.2. The van der Waals surface area contributed by atoms with Gasteiger partial charge in [0, 0.05) is 62.8 Å². The summed E-state index contributed by atoms with van der Waals surface area (Å²) in [6.07, 6.45) is -6.43. The van der Waals surface area contributed by atoms with Gasteiger partial charge in [0.15, 0.2) is 5.69 Å². The van der Waals surface area contributed by atoms with Gasteiger partial charge in [-0.05, 0) is 25.5 Å². The molecule has 1 saturated carbocycles. The van der Waals surface area contributed by atoms with Crippen LogP contribution in [0, 0.1) is 0 Å². The number of anilines is 1. The number of carbonyl (C=O) groups excluding carboxylic acids is 1. The molecule has 1 aliphatic carbocycles. The highest BCUT2D eigenvalue weighted by atomic mass is 32.2. The van der Waals surface area contributed by atoms with Gasteiger partial charge in [-0.25, -0.2) is 35.8 Å². The molecule has 1 aromatic heterocycles. The van der Waals surface area contributed by atoms with Gasteiger partial charge in [-0.1, -0.05) is 6.07 Å². The van der Waals surface area contributed by atoms with Gasteiger partial charge in [-0.2, -0.15) is 17.5 Å². The molecule has 0 amide bonds. The average Bonchev–Trinajstić information content (AvgIpc) is 2.95. The molecular formula is C26H28F7N3O5S. The Morgan fingerprint density at radius 1 is 1.17 bits per heavy atom. The molecule has 2 heterocycles. The SMILES string of the molecule is COC(=O)c1ncccc1COc1cc2c(cc1C(F)(F)F)N(C1CC(F)(F)C1)CC(CCC(C)(F)F)N(C)S2(=O)=O. The Bertz CT molecular complexity index is 1440. The van der Waals surface area contributed by atoms with Gasteiger partial charge in [0.25, 0.3) is 5.92 Å². The van der Waals surface area contributed by atoms with E-state index in [9.17, 15) is 43.9 Å². The lowest BCUT2D eigenvalue weighted by molar-refractivity contribution is -0.139. The van der Waals surface area contributed by atoms with E-state index in [0.717, 1.165) is 23.4 Å². The van der Waals surface area contributed by atoms with Crippen molar-refractivity contribution in [3.63, 3.8) is 0 Å². The number of carbonyl (C=O) groups is 1. The number of hydrogen-bond acceptors (Lipinski definition) is 7. The van der Waals surface area contributed by atoms with Crippen molar-refractivity contribution < 1.29 is 53.4 Å². The van der Waals surface area contributed by atoms with Crippen LogP contribution in [-0.2, 0) is 27.5 Å². The summed E-state index contributed by atoms with van der Waals surface area (Å²) in [4.78, 5) is 16.4. The van der Waals surface area contributed by atoms with Crippen LogP contribution >= 0.6 is 0 Å². The summed E-state index contributed by atoms with van der Waals surface area (Å²) in [6, 6.07) is 1.74. The van der Waals surface area contributed by atoms with Crippen molar-refractivity contribution in [2.45, 2.75) is 74.2 Å². The maximum atomic E-state index is 14.3. The Labute approximate surface area is 237 Å². The Morgan fingerprint density at radius 2 is 1.83 bits per heavy atom. The number of fused-ring (bicyclic) bond motifs is 1. The number of halogens is 7. The number of rotatable bonds is 8. The normalized spacial score (nSPS) is 20.8. The third kappa shape index (κ3) is 6.58. The zero-order chi connectivity index (χ0) is 31.3. The van der Waals surface area contributed by atoms with Gasteiger partial charge >= 0.3 is 12.1 Å². The monoisotopic (exact) mass is 627 g/mol. The molecule has 0 saturated heterocycles. The van der Waals surface area contributed by atoms with E-state index in [1.165, 1.54) is 18.3 Å². The number of sulfonamides is 1. The summed E-state index contributed by atoms with van der Waals surface area (Å²) in [5, 5.41) is 0.